The highest BCUT2D eigenvalue weighted by atomic mass is 15.1. The van der Waals surface area contributed by atoms with Gasteiger partial charge >= 0.3 is 0 Å². The fourth-order valence-corrected chi connectivity index (χ4v) is 2.24. The van der Waals surface area contributed by atoms with E-state index in [1.54, 1.807) is 0 Å². The van der Waals surface area contributed by atoms with Gasteiger partial charge in [0, 0.05) is 6.04 Å². The summed E-state index contributed by atoms with van der Waals surface area (Å²) in [7, 11) is 0. The number of likely N-dealkylation sites (tertiary alicyclic amines) is 1. The Kier molecular flexibility index (Phi) is 4.26. The maximum atomic E-state index is 3.58. The van der Waals surface area contributed by atoms with Crippen molar-refractivity contribution in [3.05, 3.63) is 0 Å². The molecule has 2 nitrogen and oxygen atoms in total. The summed E-state index contributed by atoms with van der Waals surface area (Å²) >= 11 is 0. The van der Waals surface area contributed by atoms with Gasteiger partial charge in [-0.25, -0.2) is 0 Å². The summed E-state index contributed by atoms with van der Waals surface area (Å²) < 4.78 is 0. The molecule has 1 aliphatic heterocycles. The number of hydrogen-bond donors (Lipinski definition) is 1. The Morgan fingerprint density at radius 3 is 2.50 bits per heavy atom. The van der Waals surface area contributed by atoms with E-state index in [0.29, 0.717) is 0 Å². The van der Waals surface area contributed by atoms with Gasteiger partial charge in [-0.3, -0.25) is 0 Å². The fourth-order valence-electron chi connectivity index (χ4n) is 2.24. The molecular weight excluding hydrogens is 172 g/mol. The van der Waals surface area contributed by atoms with Crippen molar-refractivity contribution in [3.8, 4) is 0 Å². The second-order valence-electron chi connectivity index (χ2n) is 4.84. The van der Waals surface area contributed by atoms with Gasteiger partial charge in [-0.15, -0.1) is 0 Å². The van der Waals surface area contributed by atoms with Crippen LogP contribution in [0, 0.1) is 0 Å². The summed E-state index contributed by atoms with van der Waals surface area (Å²) in [5.74, 6) is 0. The molecule has 1 saturated heterocycles. The number of nitrogens with zero attached hydrogens (tertiary/aromatic N) is 1. The molecule has 0 bridgehead atoms. The van der Waals surface area contributed by atoms with Gasteiger partial charge in [-0.2, -0.15) is 0 Å². The first kappa shape index (κ1) is 10.4. The number of unbranched alkanes of at least 4 members (excludes halogenated alkanes) is 1. The average Bonchev–Trinajstić information content (AvgIpc) is 3.03. The summed E-state index contributed by atoms with van der Waals surface area (Å²) in [5, 5.41) is 3.58. The molecule has 0 amide bonds. The molecule has 2 fully saturated rings. The van der Waals surface area contributed by atoms with Crippen molar-refractivity contribution in [1.29, 1.82) is 0 Å². The van der Waals surface area contributed by atoms with Gasteiger partial charge in [0.2, 0.25) is 0 Å². The third-order valence-electron chi connectivity index (χ3n) is 3.36. The number of piperidine rings is 1. The largest absolute Gasteiger partial charge is 0.314 e. The molecule has 2 heteroatoms. The molecule has 0 aromatic carbocycles. The van der Waals surface area contributed by atoms with Gasteiger partial charge in [-0.1, -0.05) is 6.42 Å². The normalized spacial score (nSPS) is 24.0. The van der Waals surface area contributed by atoms with Crippen LogP contribution in [0.25, 0.3) is 0 Å². The van der Waals surface area contributed by atoms with Gasteiger partial charge in [0.05, 0.1) is 0 Å². The zero-order chi connectivity index (χ0) is 9.64. The predicted octanol–water partition coefficient (Wildman–Crippen LogP) is 2.00. The maximum Gasteiger partial charge on any atom is 0.00682 e. The highest BCUT2D eigenvalue weighted by Gasteiger charge is 2.19. The lowest BCUT2D eigenvalue weighted by atomic mass is 10.1. The molecular formula is C12H24N2. The van der Waals surface area contributed by atoms with Crippen molar-refractivity contribution in [2.75, 3.05) is 26.2 Å². The molecule has 14 heavy (non-hydrogen) atoms. The quantitative estimate of drug-likeness (QED) is 0.654. The van der Waals surface area contributed by atoms with Crippen molar-refractivity contribution in [2.45, 2.75) is 51.0 Å². The number of hydrogen-bond acceptors (Lipinski definition) is 2. The molecule has 1 saturated carbocycles. The monoisotopic (exact) mass is 196 g/mol. The zero-order valence-electron chi connectivity index (χ0n) is 9.30. The summed E-state index contributed by atoms with van der Waals surface area (Å²) in [4.78, 5) is 2.64. The van der Waals surface area contributed by atoms with E-state index < -0.39 is 0 Å². The van der Waals surface area contributed by atoms with Crippen LogP contribution in [-0.4, -0.2) is 37.1 Å². The van der Waals surface area contributed by atoms with Gasteiger partial charge in [0.25, 0.3) is 0 Å². The summed E-state index contributed by atoms with van der Waals surface area (Å²) in [6.45, 7) is 5.30. The summed E-state index contributed by atoms with van der Waals surface area (Å²) in [6, 6.07) is 0.894. The van der Waals surface area contributed by atoms with Crippen LogP contribution in [0.3, 0.4) is 0 Å². The van der Waals surface area contributed by atoms with Crippen molar-refractivity contribution < 1.29 is 0 Å². The molecule has 0 aromatic heterocycles. The second-order valence-corrected chi connectivity index (χ2v) is 4.84. The van der Waals surface area contributed by atoms with E-state index in [0.717, 1.165) is 6.04 Å². The number of nitrogens with one attached hydrogen (secondary N) is 1. The Morgan fingerprint density at radius 2 is 1.79 bits per heavy atom. The Balaban J connectivity index is 1.41. The van der Waals surface area contributed by atoms with E-state index in [1.165, 1.54) is 71.1 Å². The molecule has 0 spiro atoms. The lowest BCUT2D eigenvalue weighted by molar-refractivity contribution is 0.224. The summed E-state index contributed by atoms with van der Waals surface area (Å²) in [5.41, 5.74) is 0. The third-order valence-corrected chi connectivity index (χ3v) is 3.36. The van der Waals surface area contributed by atoms with E-state index in [2.05, 4.69) is 10.2 Å². The molecule has 0 unspecified atom stereocenters. The van der Waals surface area contributed by atoms with Crippen molar-refractivity contribution >= 4 is 0 Å². The van der Waals surface area contributed by atoms with Crippen molar-refractivity contribution in [3.63, 3.8) is 0 Å². The van der Waals surface area contributed by atoms with Gasteiger partial charge in [0.15, 0.2) is 0 Å². The van der Waals surface area contributed by atoms with Crippen LogP contribution >= 0.6 is 0 Å². The first-order valence-electron chi connectivity index (χ1n) is 6.41. The second kappa shape index (κ2) is 5.72. The minimum absolute atomic E-state index is 0.894. The highest BCUT2D eigenvalue weighted by Crippen LogP contribution is 2.18. The third kappa shape index (κ3) is 3.97. The molecule has 0 radical (unpaired) electrons. The standard InChI is InChI=1S/C12H24N2/c1-3-9-14(10-4-1)11-5-2-8-13-12-6-7-12/h12-13H,1-11H2. The van der Waals surface area contributed by atoms with Crippen molar-refractivity contribution in [1.82, 2.24) is 10.2 Å². The Labute approximate surface area is 88.1 Å². The van der Waals surface area contributed by atoms with Crippen LogP contribution in [0.1, 0.15) is 44.9 Å². The minimum Gasteiger partial charge on any atom is -0.314 e. The molecule has 2 rings (SSSR count). The predicted molar refractivity (Wildman–Crippen MR) is 60.5 cm³/mol. The molecule has 1 N–H and O–H groups in total. The van der Waals surface area contributed by atoms with Crippen LogP contribution < -0.4 is 5.32 Å². The lowest BCUT2D eigenvalue weighted by Crippen LogP contribution is -2.31. The van der Waals surface area contributed by atoms with Crippen molar-refractivity contribution in [2.24, 2.45) is 0 Å². The van der Waals surface area contributed by atoms with E-state index in [1.807, 2.05) is 0 Å². The zero-order valence-corrected chi connectivity index (χ0v) is 9.30. The van der Waals surface area contributed by atoms with Crippen LogP contribution in [0.4, 0.5) is 0 Å². The molecule has 1 aliphatic carbocycles. The van der Waals surface area contributed by atoms with E-state index in [9.17, 15) is 0 Å². The van der Waals surface area contributed by atoms with Crippen LogP contribution in [-0.2, 0) is 0 Å². The molecule has 0 atom stereocenters. The Morgan fingerprint density at radius 1 is 1.00 bits per heavy atom. The average molecular weight is 196 g/mol. The van der Waals surface area contributed by atoms with E-state index in [4.69, 9.17) is 0 Å². The Hall–Kier alpha value is -0.0800. The van der Waals surface area contributed by atoms with Crippen LogP contribution in [0.15, 0.2) is 0 Å². The highest BCUT2D eigenvalue weighted by molar-refractivity contribution is 4.80. The van der Waals surface area contributed by atoms with E-state index in [-0.39, 0.29) is 0 Å². The Bertz CT molecular complexity index is 148. The fraction of sp³-hybridized carbons (Fsp3) is 1.00. The first-order chi connectivity index (χ1) is 6.95. The van der Waals surface area contributed by atoms with Crippen LogP contribution in [0.5, 0.6) is 0 Å². The maximum absolute atomic E-state index is 3.58. The molecule has 0 aromatic rings. The van der Waals surface area contributed by atoms with Crippen LogP contribution in [0.2, 0.25) is 0 Å². The topological polar surface area (TPSA) is 15.3 Å². The smallest absolute Gasteiger partial charge is 0.00682 e. The molecule has 1 heterocycles. The first-order valence-corrected chi connectivity index (χ1v) is 6.41. The molecule has 2 aliphatic rings. The van der Waals surface area contributed by atoms with E-state index >= 15 is 0 Å². The van der Waals surface area contributed by atoms with Gasteiger partial charge < -0.3 is 10.2 Å². The molecule has 82 valence electrons. The van der Waals surface area contributed by atoms with Gasteiger partial charge in [-0.05, 0) is 64.7 Å². The number of rotatable bonds is 6. The SMILES string of the molecule is C1CCN(CCCCNC2CC2)CC1. The summed E-state index contributed by atoms with van der Waals surface area (Å²) in [6.07, 6.45) is 9.92. The van der Waals surface area contributed by atoms with Gasteiger partial charge in [0.1, 0.15) is 0 Å². The minimum atomic E-state index is 0.894. The lowest BCUT2D eigenvalue weighted by Gasteiger charge is -2.26.